The topological polar surface area (TPSA) is 88.1 Å². The Labute approximate surface area is 144 Å². The van der Waals surface area contributed by atoms with E-state index in [2.05, 4.69) is 5.10 Å². The Morgan fingerprint density at radius 3 is 2.71 bits per heavy atom. The van der Waals surface area contributed by atoms with Crippen molar-refractivity contribution in [2.75, 3.05) is 6.61 Å². The van der Waals surface area contributed by atoms with E-state index in [9.17, 15) is 15.2 Å². The van der Waals surface area contributed by atoms with E-state index < -0.39 is 5.91 Å². The zero-order valence-corrected chi connectivity index (χ0v) is 14.3. The average Bonchev–Trinajstić information content (AvgIpc) is 2.87. The van der Waals surface area contributed by atoms with Gasteiger partial charge in [0.2, 0.25) is 0 Å². The van der Waals surface area contributed by atoms with Crippen molar-refractivity contribution in [3.63, 3.8) is 0 Å². The smallest absolute Gasteiger partial charge is 0.289 e. The highest BCUT2D eigenvalue weighted by Gasteiger charge is 2.16. The summed E-state index contributed by atoms with van der Waals surface area (Å²) in [7, 11) is 0. The summed E-state index contributed by atoms with van der Waals surface area (Å²) in [6.45, 7) is 5.61. The lowest BCUT2D eigenvalue weighted by atomic mass is 10.1. The quantitative estimate of drug-likeness (QED) is 0.676. The average molecular weight is 346 g/mol. The molecule has 0 fully saturated rings. The molecule has 0 saturated heterocycles. The minimum Gasteiger partial charge on any atom is -0.503 e. The number of phenolic OH excluding ortho intramolecular Hbond substituents is 1. The number of rotatable bonds is 4. The molecule has 1 aromatic carbocycles. The van der Waals surface area contributed by atoms with Gasteiger partial charge in [0.1, 0.15) is 11.6 Å². The van der Waals surface area contributed by atoms with E-state index in [0.717, 1.165) is 0 Å². The van der Waals surface area contributed by atoms with Crippen LogP contribution in [0.4, 0.5) is 0 Å². The lowest BCUT2D eigenvalue weighted by Gasteiger charge is -2.09. The minimum atomic E-state index is -0.537. The summed E-state index contributed by atoms with van der Waals surface area (Å²) < 4.78 is 6.47. The molecule has 24 heavy (non-hydrogen) atoms. The summed E-state index contributed by atoms with van der Waals surface area (Å²) in [4.78, 5) is 12.5. The lowest BCUT2D eigenvalue weighted by molar-refractivity contribution is 0.0943. The highest BCUT2D eigenvalue weighted by Crippen LogP contribution is 2.35. The predicted molar refractivity (Wildman–Crippen MR) is 90.2 cm³/mol. The van der Waals surface area contributed by atoms with E-state index in [1.165, 1.54) is 22.9 Å². The van der Waals surface area contributed by atoms with Crippen LogP contribution in [0.15, 0.2) is 23.8 Å². The molecule has 6 nitrogen and oxygen atoms in total. The van der Waals surface area contributed by atoms with Crippen LogP contribution < -0.4 is 4.74 Å². The van der Waals surface area contributed by atoms with Gasteiger partial charge in [-0.3, -0.25) is 4.79 Å². The van der Waals surface area contributed by atoms with Gasteiger partial charge in [-0.05, 0) is 50.6 Å². The fourth-order valence-corrected chi connectivity index (χ4v) is 2.42. The summed E-state index contributed by atoms with van der Waals surface area (Å²) in [6.07, 6.45) is 1.38. The molecule has 124 valence electrons. The van der Waals surface area contributed by atoms with Gasteiger partial charge < -0.3 is 9.84 Å². The molecule has 0 amide bonds. The van der Waals surface area contributed by atoms with Gasteiger partial charge in [-0.15, -0.1) is 0 Å². The summed E-state index contributed by atoms with van der Waals surface area (Å²) >= 11 is 5.96. The van der Waals surface area contributed by atoms with E-state index in [0.29, 0.717) is 23.6 Å². The minimum absolute atomic E-state index is 0.0723. The Bertz CT molecular complexity index is 863. The molecular weight excluding hydrogens is 330 g/mol. The molecular formula is C17H16ClN3O3. The molecule has 1 heterocycles. The molecule has 0 spiro atoms. The number of phenols is 1. The van der Waals surface area contributed by atoms with E-state index in [1.54, 1.807) is 26.8 Å². The van der Waals surface area contributed by atoms with Gasteiger partial charge in [-0.1, -0.05) is 11.6 Å². The second kappa shape index (κ2) is 7.20. The summed E-state index contributed by atoms with van der Waals surface area (Å²) in [5.74, 6) is -0.531. The molecule has 0 aliphatic rings. The number of ether oxygens (including phenoxy) is 1. The fourth-order valence-electron chi connectivity index (χ4n) is 2.20. The molecule has 2 aromatic rings. The zero-order valence-electron chi connectivity index (χ0n) is 13.5. The number of aryl methyl sites for hydroxylation is 2. The number of allylic oxidation sites excluding steroid dienone is 1. The first-order chi connectivity index (χ1) is 11.4. The van der Waals surface area contributed by atoms with Crippen molar-refractivity contribution in [1.82, 2.24) is 9.78 Å². The Hall–Kier alpha value is -2.78. The second-order valence-electron chi connectivity index (χ2n) is 5.10. The van der Waals surface area contributed by atoms with Crippen molar-refractivity contribution in [3.05, 3.63) is 45.7 Å². The highest BCUT2D eigenvalue weighted by molar-refractivity contribution is 6.32. The van der Waals surface area contributed by atoms with E-state index in [-0.39, 0.29) is 22.1 Å². The molecule has 0 bridgehead atoms. The van der Waals surface area contributed by atoms with Crippen molar-refractivity contribution in [2.24, 2.45) is 0 Å². The highest BCUT2D eigenvalue weighted by atomic mass is 35.5. The first kappa shape index (κ1) is 17.6. The summed E-state index contributed by atoms with van der Waals surface area (Å²) in [6, 6.07) is 6.58. The molecule has 0 unspecified atom stereocenters. The van der Waals surface area contributed by atoms with Crippen molar-refractivity contribution in [2.45, 2.75) is 20.8 Å². The van der Waals surface area contributed by atoms with Crippen LogP contribution >= 0.6 is 11.6 Å². The SMILES string of the molecule is CCOc1cc(/C=C(\C#N)C(=O)n2nc(C)cc2C)cc(Cl)c1O. The number of hydrogen-bond acceptors (Lipinski definition) is 5. The Morgan fingerprint density at radius 2 is 2.17 bits per heavy atom. The Kier molecular flexibility index (Phi) is 5.27. The number of carbonyl (C=O) groups excluding carboxylic acids is 1. The molecule has 1 aromatic heterocycles. The van der Waals surface area contributed by atoms with Gasteiger partial charge in [-0.25, -0.2) is 4.68 Å². The molecule has 0 atom stereocenters. The van der Waals surface area contributed by atoms with Crippen molar-refractivity contribution >= 4 is 23.6 Å². The number of hydrogen-bond donors (Lipinski definition) is 1. The number of aromatic hydroxyl groups is 1. The van der Waals surface area contributed by atoms with Crippen molar-refractivity contribution in [3.8, 4) is 17.6 Å². The van der Waals surface area contributed by atoms with Crippen LogP contribution in [-0.4, -0.2) is 27.4 Å². The first-order valence-electron chi connectivity index (χ1n) is 7.22. The van der Waals surface area contributed by atoms with Crippen LogP contribution in [0.2, 0.25) is 5.02 Å². The summed E-state index contributed by atoms with van der Waals surface area (Å²) in [5, 5.41) is 23.3. The first-order valence-corrected chi connectivity index (χ1v) is 7.60. The van der Waals surface area contributed by atoms with E-state index >= 15 is 0 Å². The number of aromatic nitrogens is 2. The van der Waals surface area contributed by atoms with Crippen LogP contribution in [0.1, 0.15) is 28.7 Å². The zero-order chi connectivity index (χ0) is 17.9. The second-order valence-corrected chi connectivity index (χ2v) is 5.50. The van der Waals surface area contributed by atoms with Crippen LogP contribution in [0.3, 0.4) is 0 Å². The fraction of sp³-hybridized carbons (Fsp3) is 0.235. The molecule has 0 saturated carbocycles. The molecule has 1 N–H and O–H groups in total. The number of benzene rings is 1. The standard InChI is InChI=1S/C17H16ClN3O3/c1-4-24-15-8-12(7-14(18)16(15)22)6-13(9-19)17(23)21-11(3)5-10(2)20-21/h5-8,22H,4H2,1-3H3/b13-6+. The van der Waals surface area contributed by atoms with E-state index in [4.69, 9.17) is 16.3 Å². The monoisotopic (exact) mass is 345 g/mol. The number of nitrogens with zero attached hydrogens (tertiary/aromatic N) is 3. The maximum Gasteiger partial charge on any atom is 0.289 e. The molecule has 0 aliphatic carbocycles. The third kappa shape index (κ3) is 3.58. The van der Waals surface area contributed by atoms with E-state index in [1.807, 2.05) is 6.07 Å². The van der Waals surface area contributed by atoms with Crippen molar-refractivity contribution in [1.29, 1.82) is 5.26 Å². The summed E-state index contributed by atoms with van der Waals surface area (Å²) in [5.41, 5.74) is 1.68. The van der Waals surface area contributed by atoms with Gasteiger partial charge in [0, 0.05) is 5.69 Å². The molecule has 7 heteroatoms. The Morgan fingerprint density at radius 1 is 1.46 bits per heavy atom. The number of halogens is 1. The number of nitriles is 1. The largest absolute Gasteiger partial charge is 0.503 e. The maximum absolute atomic E-state index is 12.5. The van der Waals surface area contributed by atoms with Gasteiger partial charge in [0.25, 0.3) is 5.91 Å². The van der Waals surface area contributed by atoms with Crippen molar-refractivity contribution < 1.29 is 14.6 Å². The third-order valence-electron chi connectivity index (χ3n) is 3.21. The van der Waals surface area contributed by atoms with Crippen LogP contribution in [-0.2, 0) is 0 Å². The van der Waals surface area contributed by atoms with Crippen LogP contribution in [0.5, 0.6) is 11.5 Å². The lowest BCUT2D eigenvalue weighted by Crippen LogP contribution is -2.15. The molecule has 0 aliphatic heterocycles. The van der Waals surface area contributed by atoms with Gasteiger partial charge in [-0.2, -0.15) is 10.4 Å². The Balaban J connectivity index is 2.46. The van der Waals surface area contributed by atoms with Crippen LogP contribution in [0, 0.1) is 25.2 Å². The third-order valence-corrected chi connectivity index (χ3v) is 3.50. The maximum atomic E-state index is 12.5. The predicted octanol–water partition coefficient (Wildman–Crippen LogP) is 3.51. The molecule has 0 radical (unpaired) electrons. The normalized spacial score (nSPS) is 11.2. The van der Waals surface area contributed by atoms with Gasteiger partial charge in [0.05, 0.1) is 17.3 Å². The van der Waals surface area contributed by atoms with Crippen LogP contribution in [0.25, 0.3) is 6.08 Å². The van der Waals surface area contributed by atoms with Gasteiger partial charge >= 0.3 is 0 Å². The molecule has 2 rings (SSSR count). The van der Waals surface area contributed by atoms with Gasteiger partial charge in [0.15, 0.2) is 11.5 Å². The number of carbonyl (C=O) groups is 1.